The van der Waals surface area contributed by atoms with Gasteiger partial charge in [0.05, 0.1) is 10.6 Å². The number of benzene rings is 2. The average molecular weight is 462 g/mol. The quantitative estimate of drug-likeness (QED) is 0.642. The molecule has 7 nitrogen and oxygen atoms in total. The summed E-state index contributed by atoms with van der Waals surface area (Å²) in [7, 11) is -1.83. The summed E-state index contributed by atoms with van der Waals surface area (Å²) in [5.74, 6) is 0.376. The van der Waals surface area contributed by atoms with Crippen LogP contribution in [0.1, 0.15) is 33.2 Å². The highest BCUT2D eigenvalue weighted by Crippen LogP contribution is 2.30. The van der Waals surface area contributed by atoms with Crippen molar-refractivity contribution in [3.63, 3.8) is 0 Å². The van der Waals surface area contributed by atoms with Crippen LogP contribution in [0, 0.1) is 0 Å². The largest absolute Gasteiger partial charge is 0.385 e. The Morgan fingerprint density at radius 1 is 0.879 bits per heavy atom. The predicted octanol–water partition coefficient (Wildman–Crippen LogP) is 3.39. The molecule has 2 aromatic carbocycles. The van der Waals surface area contributed by atoms with Crippen LogP contribution >= 0.6 is 0 Å². The molecule has 33 heavy (non-hydrogen) atoms. The summed E-state index contributed by atoms with van der Waals surface area (Å²) in [4.78, 5) is 28.3. The third-order valence-corrected chi connectivity index (χ3v) is 7.43. The first-order valence-electron chi connectivity index (χ1n) is 10.4. The molecular formula is C25H23N3O4S. The van der Waals surface area contributed by atoms with Gasteiger partial charge in [-0.3, -0.25) is 9.59 Å². The molecule has 1 N–H and O–H groups in total. The molecule has 0 bridgehead atoms. The van der Waals surface area contributed by atoms with Crippen molar-refractivity contribution >= 4 is 27.4 Å². The van der Waals surface area contributed by atoms with E-state index in [1.165, 1.54) is 4.31 Å². The van der Waals surface area contributed by atoms with Crippen LogP contribution in [-0.2, 0) is 16.4 Å². The van der Waals surface area contributed by atoms with Crippen molar-refractivity contribution in [1.29, 1.82) is 0 Å². The number of fused-ring (bicyclic) bond motifs is 2. The van der Waals surface area contributed by atoms with Crippen LogP contribution < -0.4 is 9.62 Å². The van der Waals surface area contributed by atoms with E-state index < -0.39 is 10.0 Å². The van der Waals surface area contributed by atoms with Gasteiger partial charge in [-0.1, -0.05) is 48.5 Å². The van der Waals surface area contributed by atoms with E-state index in [9.17, 15) is 18.0 Å². The Morgan fingerprint density at radius 2 is 1.52 bits per heavy atom. The third kappa shape index (κ3) is 4.05. The minimum absolute atomic E-state index is 0.0745. The van der Waals surface area contributed by atoms with E-state index in [0.29, 0.717) is 39.7 Å². The number of hydrogen-bond acceptors (Lipinski definition) is 6. The molecule has 0 saturated heterocycles. The van der Waals surface area contributed by atoms with Crippen molar-refractivity contribution in [2.45, 2.75) is 18.2 Å². The number of likely N-dealkylation sites (N-methyl/N-ethyl adjacent to an activating group) is 1. The van der Waals surface area contributed by atoms with Crippen molar-refractivity contribution < 1.29 is 18.0 Å². The summed E-state index contributed by atoms with van der Waals surface area (Å²) in [5.41, 5.74) is 2.85. The number of Topliss-reactive ketones (excluding diaryl/α,β-unsaturated/α-hetero) is 2. The number of carbonyl (C=O) groups is 2. The highest BCUT2D eigenvalue weighted by atomic mass is 32.2. The summed E-state index contributed by atoms with van der Waals surface area (Å²) in [6.07, 6.45) is 2.34. The normalized spacial score (nSPS) is 14.9. The van der Waals surface area contributed by atoms with Crippen LogP contribution in [-0.4, -0.2) is 38.6 Å². The van der Waals surface area contributed by atoms with E-state index in [4.69, 9.17) is 0 Å². The first kappa shape index (κ1) is 22.4. The van der Waals surface area contributed by atoms with Crippen LogP contribution in [0.15, 0.2) is 89.1 Å². The van der Waals surface area contributed by atoms with Crippen LogP contribution in [0.4, 0.5) is 5.82 Å². The minimum atomic E-state index is -3.48. The molecule has 2 heterocycles. The number of sulfonamides is 1. The Balaban J connectivity index is 0.000000160. The molecule has 168 valence electrons. The van der Waals surface area contributed by atoms with E-state index >= 15 is 0 Å². The highest BCUT2D eigenvalue weighted by Gasteiger charge is 2.31. The lowest BCUT2D eigenvalue weighted by Crippen LogP contribution is -2.29. The zero-order valence-corrected chi connectivity index (χ0v) is 19.1. The standard InChI is InChI=1S/C13H12N2O2S.C12H11NO2/c16-18(17,12-6-2-1-3-7-12)15-10-8-11-5-4-9-14-13(11)15;1-7-10(13-2)12(15)9-6-4-3-5-8(9)11(7)14/h1-7,9H,8,10H2;3-6,13H,1-2H3. The van der Waals surface area contributed by atoms with Crippen molar-refractivity contribution in [3.8, 4) is 0 Å². The van der Waals surface area contributed by atoms with Gasteiger partial charge in [-0.15, -0.1) is 0 Å². The van der Waals surface area contributed by atoms with Crippen LogP contribution in [0.2, 0.25) is 0 Å². The van der Waals surface area contributed by atoms with Crippen molar-refractivity contribution in [2.24, 2.45) is 0 Å². The second kappa shape index (κ2) is 8.99. The maximum Gasteiger partial charge on any atom is 0.265 e. The smallest absolute Gasteiger partial charge is 0.265 e. The van der Waals surface area contributed by atoms with Gasteiger partial charge < -0.3 is 5.32 Å². The summed E-state index contributed by atoms with van der Waals surface area (Å²) >= 11 is 0. The number of carbonyl (C=O) groups excluding carboxylic acids is 2. The summed E-state index contributed by atoms with van der Waals surface area (Å²) in [6.45, 7) is 2.13. The highest BCUT2D eigenvalue weighted by molar-refractivity contribution is 7.92. The van der Waals surface area contributed by atoms with E-state index in [1.807, 2.05) is 12.1 Å². The van der Waals surface area contributed by atoms with Crippen LogP contribution in [0.5, 0.6) is 0 Å². The van der Waals surface area contributed by atoms with Crippen LogP contribution in [0.3, 0.4) is 0 Å². The van der Waals surface area contributed by atoms with E-state index in [-0.39, 0.29) is 11.6 Å². The SMILES string of the molecule is CNC1=C(C)C(=O)c2ccccc2C1=O.O=S(=O)(c1ccccc1)N1CCc2cccnc21. The van der Waals surface area contributed by atoms with Crippen molar-refractivity contribution in [3.05, 3.63) is 101 Å². The summed E-state index contributed by atoms with van der Waals surface area (Å²) < 4.78 is 26.4. The Morgan fingerprint density at radius 3 is 2.18 bits per heavy atom. The monoisotopic (exact) mass is 461 g/mol. The average Bonchev–Trinajstić information content (AvgIpc) is 3.29. The Kier molecular flexibility index (Phi) is 6.11. The molecular weight excluding hydrogens is 438 g/mol. The molecule has 2 aliphatic rings. The number of hydrogen-bond donors (Lipinski definition) is 1. The maximum absolute atomic E-state index is 12.5. The van der Waals surface area contributed by atoms with E-state index in [0.717, 1.165) is 12.0 Å². The number of pyridine rings is 1. The summed E-state index contributed by atoms with van der Waals surface area (Å²) in [6, 6.07) is 19.1. The first-order chi connectivity index (χ1) is 15.9. The van der Waals surface area contributed by atoms with Gasteiger partial charge in [-0.2, -0.15) is 0 Å². The van der Waals surface area contributed by atoms with Crippen LogP contribution in [0.25, 0.3) is 0 Å². The molecule has 0 fully saturated rings. The molecule has 8 heteroatoms. The van der Waals surface area contributed by atoms with Gasteiger partial charge in [0, 0.05) is 36.5 Å². The summed E-state index contributed by atoms with van der Waals surface area (Å²) in [5, 5.41) is 2.78. The second-order valence-electron chi connectivity index (χ2n) is 7.58. The molecule has 3 aromatic rings. The number of ketones is 2. The molecule has 1 aliphatic carbocycles. The number of rotatable bonds is 3. The zero-order valence-electron chi connectivity index (χ0n) is 18.3. The molecule has 5 rings (SSSR count). The number of nitrogens with zero attached hydrogens (tertiary/aromatic N) is 2. The Hall–Kier alpha value is -3.78. The Labute approximate surface area is 192 Å². The van der Waals surface area contributed by atoms with Crippen molar-refractivity contribution in [2.75, 3.05) is 17.9 Å². The van der Waals surface area contributed by atoms with Gasteiger partial charge in [0.15, 0.2) is 5.78 Å². The fourth-order valence-electron chi connectivity index (χ4n) is 3.93. The molecule has 1 aromatic heterocycles. The second-order valence-corrected chi connectivity index (χ2v) is 9.44. The fraction of sp³-hybridized carbons (Fsp3) is 0.160. The van der Waals surface area contributed by atoms with Gasteiger partial charge in [-0.25, -0.2) is 17.7 Å². The maximum atomic E-state index is 12.5. The first-order valence-corrected chi connectivity index (χ1v) is 11.9. The van der Waals surface area contributed by atoms with Gasteiger partial charge in [0.1, 0.15) is 5.82 Å². The number of nitrogens with one attached hydrogen (secondary N) is 1. The lowest BCUT2D eigenvalue weighted by Gasteiger charge is -2.18. The molecule has 0 radical (unpaired) electrons. The van der Waals surface area contributed by atoms with Gasteiger partial charge >= 0.3 is 0 Å². The fourth-order valence-corrected chi connectivity index (χ4v) is 5.41. The molecule has 0 atom stereocenters. The lowest BCUT2D eigenvalue weighted by atomic mass is 9.88. The number of aromatic nitrogens is 1. The third-order valence-electron chi connectivity index (χ3n) is 5.63. The lowest BCUT2D eigenvalue weighted by molar-refractivity contribution is 0.0970. The van der Waals surface area contributed by atoms with E-state index in [1.54, 1.807) is 74.8 Å². The van der Waals surface area contributed by atoms with Gasteiger partial charge in [0.2, 0.25) is 5.78 Å². The number of anilines is 1. The van der Waals surface area contributed by atoms with Crippen molar-refractivity contribution in [1.82, 2.24) is 10.3 Å². The minimum Gasteiger partial charge on any atom is -0.385 e. The topological polar surface area (TPSA) is 96.4 Å². The molecule has 1 aliphatic heterocycles. The Bertz CT molecular complexity index is 1370. The van der Waals surface area contributed by atoms with Gasteiger partial charge in [-0.05, 0) is 37.1 Å². The van der Waals surface area contributed by atoms with Gasteiger partial charge in [0.25, 0.3) is 10.0 Å². The molecule has 0 saturated carbocycles. The molecule has 0 unspecified atom stereocenters. The van der Waals surface area contributed by atoms with E-state index in [2.05, 4.69) is 10.3 Å². The molecule has 0 spiro atoms. The number of allylic oxidation sites excluding steroid dienone is 2. The zero-order chi connectivity index (χ0) is 23.6. The molecule has 0 amide bonds. The predicted molar refractivity (Wildman–Crippen MR) is 126 cm³/mol.